The molecule has 0 radical (unpaired) electrons. The van der Waals surface area contributed by atoms with Crippen molar-refractivity contribution in [3.8, 4) is 0 Å². The number of ether oxygens (including phenoxy) is 8. The summed E-state index contributed by atoms with van der Waals surface area (Å²) < 4.78 is 47.0. The number of hydrogen-bond donors (Lipinski definition) is 13. The molecule has 25 nitrogen and oxygen atoms in total. The molecule has 0 bridgehead atoms. The lowest BCUT2D eigenvalue weighted by molar-refractivity contribution is -0.387. The monoisotopic (exact) mass is 1120 g/mol. The molecule has 0 aromatic carbocycles. The van der Waals surface area contributed by atoms with Crippen molar-refractivity contribution in [1.82, 2.24) is 0 Å². The van der Waals surface area contributed by atoms with Gasteiger partial charge < -0.3 is 104 Å². The smallest absolute Gasteiger partial charge is 0.337 e. The molecule has 3 heterocycles. The van der Waals surface area contributed by atoms with Crippen molar-refractivity contribution >= 4 is 23.9 Å². The van der Waals surface area contributed by atoms with Crippen LogP contribution in [0.25, 0.3) is 0 Å². The van der Waals surface area contributed by atoms with Crippen LogP contribution in [-0.4, -0.2) is 221 Å². The van der Waals surface area contributed by atoms with Crippen molar-refractivity contribution < 1.29 is 123 Å². The molecule has 13 N–H and O–H groups in total. The summed E-state index contributed by atoms with van der Waals surface area (Å²) in [6, 6.07) is 0. The Labute approximate surface area is 451 Å². The van der Waals surface area contributed by atoms with Crippen molar-refractivity contribution in [3.05, 3.63) is 11.6 Å². The molecule has 25 heteroatoms. The van der Waals surface area contributed by atoms with Crippen LogP contribution in [0.5, 0.6) is 0 Å². The number of fused-ring (bicyclic) bond motifs is 7. The predicted octanol–water partition coefficient (Wildman–Crippen LogP) is -0.870. The van der Waals surface area contributed by atoms with E-state index >= 15 is 0 Å². The average molecular weight is 1120 g/mol. The number of aliphatic hydroxyl groups is 10. The molecule has 25 atom stereocenters. The molecule has 78 heavy (non-hydrogen) atoms. The highest BCUT2D eigenvalue weighted by Gasteiger charge is 2.70. The number of carboxylic acid groups (broad SMARTS) is 3. The van der Waals surface area contributed by atoms with Gasteiger partial charge in [0.25, 0.3) is 0 Å². The van der Waals surface area contributed by atoms with Gasteiger partial charge in [-0.1, -0.05) is 60.1 Å². The second-order valence-electron chi connectivity index (χ2n) is 25.5. The summed E-state index contributed by atoms with van der Waals surface area (Å²) in [5.74, 6) is -6.13. The highest BCUT2D eigenvalue weighted by molar-refractivity contribution is 5.79. The summed E-state index contributed by atoms with van der Waals surface area (Å²) in [7, 11) is 0. The molecule has 444 valence electrons. The lowest BCUT2D eigenvalue weighted by Crippen LogP contribution is -2.68. The fraction of sp³-hybridized carbons (Fsp3) is 0.887. The van der Waals surface area contributed by atoms with E-state index in [0.29, 0.717) is 51.4 Å². The highest BCUT2D eigenvalue weighted by Crippen LogP contribution is 2.76. The standard InChI is InChI=1S/C53H82O25/c1-48(2)14-16-53(47(70)78-45-35(63)33(61)31(59)25(20-55)73-45)17-15-51(6)22(23(53)18-48)8-9-27-50(5)12-11-28(49(3,4)26(50)10-13-52(27,51)7)74-46-40(77-44-34(62)32(60)30(58)24(19-54)72-44)38(36(64)39(76-46)42(68)69)75-43(37(65)41(66)67)71-21-29(56)57/h8,23-28,30-40,43-46,54-55,58-65H,9-21H2,1-7H3,(H,56,57)(H,66,67)(H,68,69)/t23-,24+,25+,26-,27+,28+,30+,31+,32-,33-,34+,35+,36-,37?,38-,39-,40+,43?,44-,45-,46+,50-,51+,52+,53-/m0/s1. The van der Waals surface area contributed by atoms with Crippen LogP contribution in [0.3, 0.4) is 0 Å². The zero-order chi connectivity index (χ0) is 57.6. The second-order valence-corrected chi connectivity index (χ2v) is 25.5. The average Bonchev–Trinajstić information content (AvgIpc) is 3.35. The first kappa shape index (κ1) is 61.0. The molecule has 3 aliphatic heterocycles. The van der Waals surface area contributed by atoms with Crippen molar-refractivity contribution in [2.45, 2.75) is 223 Å². The van der Waals surface area contributed by atoms with Crippen LogP contribution in [-0.2, 0) is 57.1 Å². The Balaban J connectivity index is 1.09. The SMILES string of the molecule is CC1(C)CC[C@]2(C(=O)O[C@@H]3O[C@H](CO)[C@@H](O)[C@H](O)[C@H]3O)CC[C@]3(C)C(=CC[C@@H]4[C@@]5(C)CC[C@@H](O[C@@H]6O[C@H](C(=O)O)[C@@H](O)[C@H](OC(OCC(=O)O)C(O)C(=O)O)[C@H]6O[C@@H]6O[C@H](CO)[C@@H](O)[C@H](O)[C@H]6O)C(C)(C)[C@@H]5CC[C@]43C)[C@@H]2C1. The molecule has 4 saturated carbocycles. The summed E-state index contributed by atoms with van der Waals surface area (Å²) in [5, 5.41) is 136. The van der Waals surface area contributed by atoms with Crippen molar-refractivity contribution in [3.63, 3.8) is 0 Å². The maximum Gasteiger partial charge on any atom is 0.337 e. The first-order valence-corrected chi connectivity index (χ1v) is 27.1. The molecule has 3 saturated heterocycles. The Morgan fingerprint density at radius 2 is 1.27 bits per heavy atom. The van der Waals surface area contributed by atoms with E-state index in [-0.39, 0.29) is 34.0 Å². The topological polar surface area (TPSA) is 405 Å². The number of carboxylic acids is 3. The van der Waals surface area contributed by atoms with Crippen LogP contribution in [0.1, 0.15) is 113 Å². The third-order valence-electron chi connectivity index (χ3n) is 20.4. The maximum absolute atomic E-state index is 14.8. The summed E-state index contributed by atoms with van der Waals surface area (Å²) in [6.07, 6.45) is -25.4. The van der Waals surface area contributed by atoms with Gasteiger partial charge in [-0.15, -0.1) is 0 Å². The fourth-order valence-electron chi connectivity index (χ4n) is 15.8. The number of allylic oxidation sites excluding steroid dienone is 2. The third-order valence-corrected chi connectivity index (χ3v) is 20.4. The molecule has 0 aromatic heterocycles. The molecule has 0 spiro atoms. The summed E-state index contributed by atoms with van der Waals surface area (Å²) in [6.45, 7) is 12.5. The van der Waals surface area contributed by atoms with E-state index in [1.807, 2.05) is 13.8 Å². The van der Waals surface area contributed by atoms with Gasteiger partial charge in [0, 0.05) is 0 Å². The molecular weight excluding hydrogens is 1040 g/mol. The van der Waals surface area contributed by atoms with E-state index in [0.717, 1.165) is 12.8 Å². The van der Waals surface area contributed by atoms with Crippen LogP contribution in [0.4, 0.5) is 0 Å². The van der Waals surface area contributed by atoms with E-state index in [4.69, 9.17) is 37.9 Å². The minimum Gasteiger partial charge on any atom is -0.480 e. The van der Waals surface area contributed by atoms with Crippen LogP contribution in [0.15, 0.2) is 11.6 Å². The van der Waals surface area contributed by atoms with Crippen LogP contribution in [0.2, 0.25) is 0 Å². The van der Waals surface area contributed by atoms with E-state index in [9.17, 15) is 85.6 Å². The summed E-state index contributed by atoms with van der Waals surface area (Å²) >= 11 is 0. The largest absolute Gasteiger partial charge is 0.480 e. The van der Waals surface area contributed by atoms with Crippen LogP contribution in [0, 0.1) is 50.2 Å². The summed E-state index contributed by atoms with van der Waals surface area (Å²) in [5.41, 5.74) is -1.80. The number of aliphatic carboxylic acids is 3. The molecule has 2 unspecified atom stereocenters. The van der Waals surface area contributed by atoms with Crippen LogP contribution >= 0.6 is 0 Å². The van der Waals surface area contributed by atoms with Gasteiger partial charge in [0.1, 0.15) is 73.8 Å². The Hall–Kier alpha value is -3.06. The lowest BCUT2D eigenvalue weighted by Gasteiger charge is -2.71. The van der Waals surface area contributed by atoms with Crippen molar-refractivity contribution in [1.29, 1.82) is 0 Å². The van der Waals surface area contributed by atoms with Crippen molar-refractivity contribution in [2.75, 3.05) is 19.8 Å². The molecule has 0 aromatic rings. The van der Waals surface area contributed by atoms with Gasteiger partial charge in [-0.3, -0.25) is 4.79 Å². The Morgan fingerprint density at radius 1 is 0.667 bits per heavy atom. The first-order valence-electron chi connectivity index (χ1n) is 27.1. The van der Waals surface area contributed by atoms with E-state index in [1.54, 1.807) is 0 Å². The Kier molecular flexibility index (Phi) is 17.4. The molecule has 7 fully saturated rings. The predicted molar refractivity (Wildman–Crippen MR) is 261 cm³/mol. The normalized spacial score (nSPS) is 47.6. The first-order chi connectivity index (χ1) is 36.3. The fourth-order valence-corrected chi connectivity index (χ4v) is 15.8. The third kappa shape index (κ3) is 10.4. The number of esters is 1. The minimum absolute atomic E-state index is 0.0778. The lowest BCUT2D eigenvalue weighted by atomic mass is 9.33. The van der Waals surface area contributed by atoms with Gasteiger partial charge in [0.15, 0.2) is 25.0 Å². The maximum atomic E-state index is 14.8. The molecule has 0 amide bonds. The zero-order valence-electron chi connectivity index (χ0n) is 45.1. The zero-order valence-corrected chi connectivity index (χ0v) is 45.1. The van der Waals surface area contributed by atoms with E-state index in [1.165, 1.54) is 5.57 Å². The van der Waals surface area contributed by atoms with Gasteiger partial charge in [-0.25, -0.2) is 14.4 Å². The van der Waals surface area contributed by atoms with Crippen molar-refractivity contribution in [2.24, 2.45) is 50.2 Å². The number of carbonyl (C=O) groups excluding carboxylic acids is 1. The van der Waals surface area contributed by atoms with Crippen LogP contribution < -0.4 is 0 Å². The van der Waals surface area contributed by atoms with E-state index in [2.05, 4.69) is 40.7 Å². The Bertz CT molecular complexity index is 2240. The minimum atomic E-state index is -2.62. The number of aliphatic hydroxyl groups excluding tert-OH is 10. The summed E-state index contributed by atoms with van der Waals surface area (Å²) in [4.78, 5) is 51.2. The van der Waals surface area contributed by atoms with Gasteiger partial charge >= 0.3 is 23.9 Å². The number of hydrogen-bond acceptors (Lipinski definition) is 22. The Morgan fingerprint density at radius 3 is 1.86 bits per heavy atom. The second kappa shape index (κ2) is 22.3. The molecular formula is C53H82O25. The highest BCUT2D eigenvalue weighted by atomic mass is 16.8. The van der Waals surface area contributed by atoms with Gasteiger partial charge in [-0.2, -0.15) is 0 Å². The molecule has 5 aliphatic carbocycles. The number of rotatable bonds is 16. The quantitative estimate of drug-likeness (QED) is 0.0387. The molecule has 8 aliphatic rings. The van der Waals surface area contributed by atoms with Gasteiger partial charge in [0.05, 0.1) is 24.7 Å². The van der Waals surface area contributed by atoms with Gasteiger partial charge in [0.2, 0.25) is 12.4 Å². The number of carbonyl (C=O) groups is 4. The van der Waals surface area contributed by atoms with Gasteiger partial charge in [-0.05, 0) is 109 Å². The molecule has 8 rings (SSSR count). The van der Waals surface area contributed by atoms with E-state index < -0.39 is 171 Å².